The molecule has 0 bridgehead atoms. The zero-order valence-electron chi connectivity index (χ0n) is 1.41. The van der Waals surface area contributed by atoms with Gasteiger partial charge in [-0.3, -0.25) is 0 Å². The van der Waals surface area contributed by atoms with Gasteiger partial charge < -0.3 is 0 Å². The van der Waals surface area contributed by atoms with E-state index in [-0.39, 0.29) is 103 Å². The van der Waals surface area contributed by atoms with Crippen LogP contribution in [0.15, 0.2) is 0 Å². The molecule has 0 nitrogen and oxygen atoms in total. The van der Waals surface area contributed by atoms with Crippen LogP contribution in [0.1, 0.15) is 0 Å². The molecule has 0 aromatic heterocycles. The molecule has 0 atom stereocenters. The molecule has 0 aliphatic rings. The summed E-state index contributed by atoms with van der Waals surface area (Å²) in [6, 6.07) is 0. The molecular formula is H7CdInMgPb. The predicted octanol–water partition coefficient (Wildman–Crippen LogP) is -3.02. The zero-order valence-corrected chi connectivity index (χ0v) is 10.9. The molecule has 0 fully saturated rings. The van der Waals surface area contributed by atoms with Crippen molar-refractivity contribution in [2.24, 2.45) is 0 Å². The summed E-state index contributed by atoms with van der Waals surface area (Å²) in [6.45, 7) is 0. The van der Waals surface area contributed by atoms with Gasteiger partial charge in [0.1, 0.15) is 0 Å². The fourth-order valence-electron chi connectivity index (χ4n) is 0. The Morgan fingerprint density at radius 1 is 1.00 bits per heavy atom. The van der Waals surface area contributed by atoms with Crippen LogP contribution in [0, 0.1) is 0 Å². The molecule has 0 saturated heterocycles. The fourth-order valence-corrected chi connectivity index (χ4v) is 0. The van der Waals surface area contributed by atoms with Gasteiger partial charge in [-0.25, -0.2) is 0 Å². The SMILES string of the molecule is [Cd].[InH3].[MgH2].[PbH2]. The average Bonchev–Trinajstić information content (AvgIpc) is 0. The number of hydrogen-bond acceptors (Lipinski definition) is 0. The van der Waals surface area contributed by atoms with Crippen molar-refractivity contribution in [3.05, 3.63) is 0 Å². The third-order valence-corrected chi connectivity index (χ3v) is 0. The first-order chi connectivity index (χ1) is 0. The van der Waals surface area contributed by atoms with Gasteiger partial charge in [-0.15, -0.1) is 0 Å². The Balaban J connectivity index is 0. The maximum absolute atomic E-state index is 0. The summed E-state index contributed by atoms with van der Waals surface area (Å²) in [5.41, 5.74) is 0. The van der Waals surface area contributed by atoms with Gasteiger partial charge >= 0.3 is 76.2 Å². The Labute approximate surface area is 101 Å². The van der Waals surface area contributed by atoms with Crippen LogP contribution in [0.3, 0.4) is 0 Å². The summed E-state index contributed by atoms with van der Waals surface area (Å²) in [6.07, 6.45) is 0. The molecule has 0 heterocycles. The van der Waals surface area contributed by atoms with E-state index in [1.165, 1.54) is 0 Å². The number of rotatable bonds is 0. The van der Waals surface area contributed by atoms with Gasteiger partial charge in [-0.05, 0) is 0 Å². The molecule has 0 aliphatic heterocycles. The molecule has 0 N–H and O–H groups in total. The van der Waals surface area contributed by atoms with E-state index in [2.05, 4.69) is 0 Å². The molecule has 0 spiro atoms. The number of hydrogen-bond donors (Lipinski definition) is 0. The van der Waals surface area contributed by atoms with Crippen molar-refractivity contribution in [3.8, 4) is 0 Å². The first kappa shape index (κ1) is 25.9. The van der Waals surface area contributed by atoms with Crippen LogP contribution in [-0.4, -0.2) is 76.2 Å². The van der Waals surface area contributed by atoms with Crippen molar-refractivity contribution < 1.29 is 27.3 Å². The van der Waals surface area contributed by atoms with Gasteiger partial charge in [0.25, 0.3) is 0 Å². The summed E-state index contributed by atoms with van der Waals surface area (Å²) >= 11 is 0. The average molecular weight is 466 g/mol. The van der Waals surface area contributed by atoms with E-state index in [9.17, 15) is 0 Å². The second-order valence-electron chi connectivity index (χ2n) is 0. The second kappa shape index (κ2) is 16.1. The van der Waals surface area contributed by atoms with Gasteiger partial charge in [-0.2, -0.15) is 0 Å². The predicted molar refractivity (Wildman–Crippen MR) is 27.0 cm³/mol. The standard InChI is InChI=1S/Cd.In.Mg.Pb.7H. The molecule has 0 aromatic carbocycles. The van der Waals surface area contributed by atoms with Crippen molar-refractivity contribution in [2.45, 2.75) is 0 Å². The Kier molecular flexibility index (Phi) is 104. The Morgan fingerprint density at radius 3 is 1.00 bits per heavy atom. The van der Waals surface area contributed by atoms with Crippen molar-refractivity contribution >= 4 is 76.2 Å². The van der Waals surface area contributed by atoms with Crippen molar-refractivity contribution in [2.75, 3.05) is 0 Å². The molecule has 0 saturated carbocycles. The second-order valence-corrected chi connectivity index (χ2v) is 0. The third kappa shape index (κ3) is 9.08. The molecule has 4 heteroatoms. The van der Waals surface area contributed by atoms with Crippen molar-refractivity contribution in [3.63, 3.8) is 0 Å². The topological polar surface area (TPSA) is 0 Å². The Bertz CT molecular complexity index is 8.00. The van der Waals surface area contributed by atoms with Gasteiger partial charge in [0, 0.05) is 27.3 Å². The van der Waals surface area contributed by atoms with E-state index >= 15 is 0 Å². The van der Waals surface area contributed by atoms with E-state index in [0.29, 0.717) is 0 Å². The molecular weight excluding hydrogens is 459 g/mol. The summed E-state index contributed by atoms with van der Waals surface area (Å²) in [7, 11) is 0. The van der Waals surface area contributed by atoms with Crippen LogP contribution in [0.25, 0.3) is 0 Å². The molecule has 0 aromatic rings. The molecule has 0 aliphatic carbocycles. The Morgan fingerprint density at radius 2 is 1.00 bits per heavy atom. The van der Waals surface area contributed by atoms with E-state index in [1.807, 2.05) is 0 Å². The summed E-state index contributed by atoms with van der Waals surface area (Å²) < 4.78 is 0. The van der Waals surface area contributed by atoms with Crippen LogP contribution in [0.2, 0.25) is 0 Å². The quantitative estimate of drug-likeness (QED) is 0.334. The monoisotopic (exact) mass is 468 g/mol. The molecule has 0 amide bonds. The molecule has 4 heavy (non-hydrogen) atoms. The first-order valence-electron chi connectivity index (χ1n) is 0. The maximum atomic E-state index is 0. The van der Waals surface area contributed by atoms with E-state index in [0.717, 1.165) is 0 Å². The van der Waals surface area contributed by atoms with Gasteiger partial charge in [0.05, 0.1) is 0 Å². The third-order valence-electron chi connectivity index (χ3n) is 0. The minimum absolute atomic E-state index is 0. The molecule has 18 valence electrons. The molecule has 0 rings (SSSR count). The van der Waals surface area contributed by atoms with Crippen molar-refractivity contribution in [1.82, 2.24) is 0 Å². The summed E-state index contributed by atoms with van der Waals surface area (Å²) in [5.74, 6) is 0. The molecule has 0 unspecified atom stereocenters. The van der Waals surface area contributed by atoms with Crippen LogP contribution in [-0.2, 0) is 27.3 Å². The molecule has 2 radical (unpaired) electrons. The summed E-state index contributed by atoms with van der Waals surface area (Å²) in [4.78, 5) is 0. The van der Waals surface area contributed by atoms with Gasteiger partial charge in [-0.1, -0.05) is 0 Å². The van der Waals surface area contributed by atoms with E-state index in [4.69, 9.17) is 0 Å². The normalized spacial score (nSPS) is 0. The zero-order chi connectivity index (χ0) is 0. The van der Waals surface area contributed by atoms with Crippen molar-refractivity contribution in [1.29, 1.82) is 0 Å². The van der Waals surface area contributed by atoms with E-state index in [1.54, 1.807) is 0 Å². The van der Waals surface area contributed by atoms with Gasteiger partial charge in [0.2, 0.25) is 0 Å². The first-order valence-corrected chi connectivity index (χ1v) is 0. The van der Waals surface area contributed by atoms with Crippen LogP contribution in [0.5, 0.6) is 0 Å². The van der Waals surface area contributed by atoms with Crippen LogP contribution in [0.4, 0.5) is 0 Å². The van der Waals surface area contributed by atoms with Crippen LogP contribution < -0.4 is 0 Å². The van der Waals surface area contributed by atoms with Gasteiger partial charge in [0.15, 0.2) is 0 Å². The fraction of sp³-hybridized carbons (Fsp3) is 0. The van der Waals surface area contributed by atoms with E-state index < -0.39 is 0 Å². The summed E-state index contributed by atoms with van der Waals surface area (Å²) in [5, 5.41) is 0. The van der Waals surface area contributed by atoms with Crippen LogP contribution >= 0.6 is 0 Å². The minimum atomic E-state index is 0. The Hall–Kier alpha value is 3.48.